The Morgan fingerprint density at radius 2 is 1.70 bits per heavy atom. The lowest BCUT2D eigenvalue weighted by molar-refractivity contribution is -0.142. The molecule has 3 rings (SSSR count). The Kier molecular flexibility index (Phi) is 7.10. The van der Waals surface area contributed by atoms with Crippen molar-refractivity contribution in [3.05, 3.63) is 47.5 Å². The van der Waals surface area contributed by atoms with Gasteiger partial charge in [-0.05, 0) is 36.5 Å². The lowest BCUT2D eigenvalue weighted by Gasteiger charge is -2.31. The first-order valence-corrected chi connectivity index (χ1v) is 11.9. The number of carboxylic acid groups (broad SMARTS) is 1. The third-order valence-electron chi connectivity index (χ3n) is 5.57. The molecule has 2 heterocycles. The van der Waals surface area contributed by atoms with E-state index in [4.69, 9.17) is 11.6 Å². The van der Waals surface area contributed by atoms with Gasteiger partial charge in [-0.25, -0.2) is 22.7 Å². The maximum atomic E-state index is 12.7. The summed E-state index contributed by atoms with van der Waals surface area (Å²) in [5.74, 6) is -1.81. The Morgan fingerprint density at radius 1 is 1.13 bits per heavy atom. The van der Waals surface area contributed by atoms with E-state index in [2.05, 4.69) is 9.97 Å². The van der Waals surface area contributed by atoms with E-state index in [9.17, 15) is 18.3 Å². The molecule has 1 saturated heterocycles. The summed E-state index contributed by atoms with van der Waals surface area (Å²) in [5.41, 5.74) is 1.87. The number of carboxylic acids is 1. The average Bonchev–Trinajstić information content (AvgIpc) is 2.72. The molecule has 1 aliphatic rings. The second kappa shape index (κ2) is 9.41. The Hall–Kier alpha value is -2.03. The molecule has 162 valence electrons. The van der Waals surface area contributed by atoms with Crippen LogP contribution >= 0.6 is 11.6 Å². The highest BCUT2D eigenvalue weighted by Gasteiger charge is 2.34. The van der Waals surface area contributed by atoms with Crippen molar-refractivity contribution in [3.63, 3.8) is 0 Å². The molecule has 1 atom stereocenters. The minimum absolute atomic E-state index is 0.0797. The molecule has 2 aromatic rings. The van der Waals surface area contributed by atoms with Gasteiger partial charge >= 0.3 is 5.97 Å². The molecule has 1 aliphatic heterocycles. The Morgan fingerprint density at radius 3 is 2.20 bits per heavy atom. The van der Waals surface area contributed by atoms with Crippen molar-refractivity contribution in [1.82, 2.24) is 14.3 Å². The summed E-state index contributed by atoms with van der Waals surface area (Å²) in [4.78, 5) is 20.4. The summed E-state index contributed by atoms with van der Waals surface area (Å²) in [7, 11) is -3.62. The normalized spacial score (nSPS) is 17.2. The Bertz CT molecular complexity index is 970. The van der Waals surface area contributed by atoms with E-state index in [1.807, 2.05) is 24.3 Å². The van der Waals surface area contributed by atoms with Gasteiger partial charge in [0.05, 0.1) is 11.7 Å². The molecule has 1 N–H and O–H groups in total. The third-order valence-corrected chi connectivity index (χ3v) is 7.76. The van der Waals surface area contributed by atoms with Gasteiger partial charge in [0.1, 0.15) is 5.82 Å². The maximum Gasteiger partial charge on any atom is 0.307 e. The second-order valence-corrected chi connectivity index (χ2v) is 10.4. The first-order valence-electron chi connectivity index (χ1n) is 9.96. The second-order valence-electron chi connectivity index (χ2n) is 7.98. The number of hydrogen-bond donors (Lipinski definition) is 1. The number of aliphatic carboxylic acids is 1. The van der Waals surface area contributed by atoms with Crippen LogP contribution in [0.2, 0.25) is 5.02 Å². The standard InChI is InChI=1S/C21H26ClN3O4S/c1-14(2)19(21(26)27)13-30(28,29)25-9-7-16(8-10-25)20-23-11-17(12-24-20)15-3-5-18(22)6-4-15/h3-6,11-12,14,16,19H,7-10,13H2,1-2H3,(H,26,27). The van der Waals surface area contributed by atoms with E-state index in [0.29, 0.717) is 36.8 Å². The van der Waals surface area contributed by atoms with Crippen molar-refractivity contribution in [1.29, 1.82) is 0 Å². The van der Waals surface area contributed by atoms with Gasteiger partial charge in [0.2, 0.25) is 10.0 Å². The number of hydrogen-bond acceptors (Lipinski definition) is 5. The monoisotopic (exact) mass is 451 g/mol. The van der Waals surface area contributed by atoms with Crippen LogP contribution in [0.1, 0.15) is 38.4 Å². The fraction of sp³-hybridized carbons (Fsp3) is 0.476. The molecule has 0 amide bonds. The first kappa shape index (κ1) is 22.7. The van der Waals surface area contributed by atoms with Crippen LogP contribution in [0.4, 0.5) is 0 Å². The van der Waals surface area contributed by atoms with E-state index in [1.165, 1.54) is 4.31 Å². The molecule has 0 aliphatic carbocycles. The number of piperidine rings is 1. The number of aromatic nitrogens is 2. The van der Waals surface area contributed by atoms with Gasteiger partial charge in [0.25, 0.3) is 0 Å². The third kappa shape index (κ3) is 5.36. The molecule has 1 aromatic carbocycles. The molecule has 1 fully saturated rings. The molecule has 1 unspecified atom stereocenters. The van der Waals surface area contributed by atoms with Crippen LogP contribution in [0.15, 0.2) is 36.7 Å². The quantitative estimate of drug-likeness (QED) is 0.689. The molecule has 0 spiro atoms. The molecule has 1 aromatic heterocycles. The van der Waals surface area contributed by atoms with Crippen LogP contribution in [0.3, 0.4) is 0 Å². The average molecular weight is 452 g/mol. The smallest absolute Gasteiger partial charge is 0.307 e. The maximum absolute atomic E-state index is 12.7. The number of nitrogens with zero attached hydrogens (tertiary/aromatic N) is 3. The predicted molar refractivity (Wildman–Crippen MR) is 116 cm³/mol. The van der Waals surface area contributed by atoms with E-state index in [0.717, 1.165) is 11.1 Å². The highest BCUT2D eigenvalue weighted by molar-refractivity contribution is 7.89. The van der Waals surface area contributed by atoms with Crippen LogP contribution in [0.5, 0.6) is 0 Å². The summed E-state index contributed by atoms with van der Waals surface area (Å²) in [6, 6.07) is 7.45. The summed E-state index contributed by atoms with van der Waals surface area (Å²) >= 11 is 5.92. The van der Waals surface area contributed by atoms with Crippen molar-refractivity contribution in [2.75, 3.05) is 18.8 Å². The summed E-state index contributed by atoms with van der Waals surface area (Å²) in [5, 5.41) is 9.98. The number of sulfonamides is 1. The fourth-order valence-electron chi connectivity index (χ4n) is 3.61. The lowest BCUT2D eigenvalue weighted by atomic mass is 9.97. The molecule has 0 bridgehead atoms. The van der Waals surface area contributed by atoms with Crippen molar-refractivity contribution < 1.29 is 18.3 Å². The minimum Gasteiger partial charge on any atom is -0.481 e. The molecular weight excluding hydrogens is 426 g/mol. The van der Waals surface area contributed by atoms with Gasteiger partial charge in [-0.3, -0.25) is 4.79 Å². The lowest BCUT2D eigenvalue weighted by Crippen LogP contribution is -2.42. The molecule has 0 radical (unpaired) electrons. The van der Waals surface area contributed by atoms with Gasteiger partial charge < -0.3 is 5.11 Å². The van der Waals surface area contributed by atoms with Gasteiger partial charge in [-0.15, -0.1) is 0 Å². The van der Waals surface area contributed by atoms with Gasteiger partial charge in [-0.2, -0.15) is 0 Å². The molecule has 9 heteroatoms. The summed E-state index contributed by atoms with van der Waals surface area (Å²) in [6.45, 7) is 4.15. The van der Waals surface area contributed by atoms with Crippen molar-refractivity contribution in [2.24, 2.45) is 11.8 Å². The summed E-state index contributed by atoms with van der Waals surface area (Å²) < 4.78 is 26.8. The summed E-state index contributed by atoms with van der Waals surface area (Å²) in [6.07, 6.45) is 4.77. The van der Waals surface area contributed by atoms with E-state index in [-0.39, 0.29) is 17.6 Å². The number of benzene rings is 1. The van der Waals surface area contributed by atoms with Crippen LogP contribution in [0.25, 0.3) is 11.1 Å². The van der Waals surface area contributed by atoms with E-state index >= 15 is 0 Å². The van der Waals surface area contributed by atoms with Gasteiger partial charge in [0.15, 0.2) is 0 Å². The van der Waals surface area contributed by atoms with Crippen molar-refractivity contribution >= 4 is 27.6 Å². The van der Waals surface area contributed by atoms with Crippen LogP contribution in [-0.2, 0) is 14.8 Å². The number of rotatable bonds is 7. The SMILES string of the molecule is CC(C)C(CS(=O)(=O)N1CCC(c2ncc(-c3ccc(Cl)cc3)cn2)CC1)C(=O)O. The molecule has 0 saturated carbocycles. The van der Waals surface area contributed by atoms with Crippen molar-refractivity contribution in [2.45, 2.75) is 32.6 Å². The molecule has 30 heavy (non-hydrogen) atoms. The van der Waals surface area contributed by atoms with E-state index < -0.39 is 21.9 Å². The highest BCUT2D eigenvalue weighted by atomic mass is 35.5. The zero-order valence-corrected chi connectivity index (χ0v) is 18.6. The highest BCUT2D eigenvalue weighted by Crippen LogP contribution is 2.29. The zero-order chi connectivity index (χ0) is 21.9. The van der Waals surface area contributed by atoms with Crippen LogP contribution < -0.4 is 0 Å². The zero-order valence-electron chi connectivity index (χ0n) is 17.0. The van der Waals surface area contributed by atoms with E-state index in [1.54, 1.807) is 26.2 Å². The van der Waals surface area contributed by atoms with Crippen LogP contribution in [0, 0.1) is 11.8 Å². The Labute approximate surface area is 182 Å². The molecule has 7 nitrogen and oxygen atoms in total. The van der Waals surface area contributed by atoms with Gasteiger partial charge in [0, 0.05) is 42.0 Å². The topological polar surface area (TPSA) is 100 Å². The number of halogens is 1. The molecular formula is C21H26ClN3O4S. The fourth-order valence-corrected chi connectivity index (χ4v) is 5.70. The van der Waals surface area contributed by atoms with Gasteiger partial charge in [-0.1, -0.05) is 37.6 Å². The first-order chi connectivity index (χ1) is 14.2. The predicted octanol–water partition coefficient (Wildman–Crippen LogP) is 3.66. The van der Waals surface area contributed by atoms with Crippen molar-refractivity contribution in [3.8, 4) is 11.1 Å². The largest absolute Gasteiger partial charge is 0.481 e. The minimum atomic E-state index is -3.62. The van der Waals surface area contributed by atoms with Crippen LogP contribution in [-0.4, -0.2) is 52.6 Å². The Balaban J connectivity index is 1.62. The number of carbonyl (C=O) groups is 1.